The van der Waals surface area contributed by atoms with Crippen LogP contribution in [-0.2, 0) is 0 Å². The van der Waals surface area contributed by atoms with Gasteiger partial charge in [-0.1, -0.05) is 26.7 Å². The third-order valence-corrected chi connectivity index (χ3v) is 3.40. The van der Waals surface area contributed by atoms with E-state index in [9.17, 15) is 0 Å². The molecule has 0 aliphatic rings. The Morgan fingerprint density at radius 1 is 1.35 bits per heavy atom. The molecule has 0 saturated heterocycles. The van der Waals surface area contributed by atoms with E-state index < -0.39 is 0 Å². The first kappa shape index (κ1) is 12.0. The zero-order valence-electron chi connectivity index (χ0n) is 10.7. The van der Waals surface area contributed by atoms with Gasteiger partial charge in [0.25, 0.3) is 0 Å². The Balaban J connectivity index is 2.37. The topological polar surface area (TPSA) is 43.8 Å². The molecule has 3 heteroatoms. The molecule has 0 saturated carbocycles. The summed E-state index contributed by atoms with van der Waals surface area (Å²) in [5.74, 6) is 0. The molecule has 2 heterocycles. The van der Waals surface area contributed by atoms with E-state index in [0.29, 0.717) is 6.04 Å². The van der Waals surface area contributed by atoms with Crippen molar-refractivity contribution < 1.29 is 0 Å². The van der Waals surface area contributed by atoms with E-state index in [1.165, 1.54) is 19.3 Å². The fourth-order valence-corrected chi connectivity index (χ4v) is 2.35. The largest absolute Gasteiger partial charge is 0.398 e. The summed E-state index contributed by atoms with van der Waals surface area (Å²) >= 11 is 0. The highest BCUT2D eigenvalue weighted by molar-refractivity contribution is 5.88. The standard InChI is InChI=1S/C14H21N3/c1-3-5-6-11(4-2)17-10-8-12-13(15)7-9-16-14(12)17/h7-11H,3-6H2,1-2H3,(H2,15,16). The summed E-state index contributed by atoms with van der Waals surface area (Å²) in [6, 6.07) is 4.48. The van der Waals surface area contributed by atoms with Crippen molar-refractivity contribution in [2.24, 2.45) is 0 Å². The lowest BCUT2D eigenvalue weighted by Gasteiger charge is -2.17. The smallest absolute Gasteiger partial charge is 0.142 e. The van der Waals surface area contributed by atoms with Crippen LogP contribution in [0, 0.1) is 0 Å². The molecule has 0 spiro atoms. The van der Waals surface area contributed by atoms with Crippen LogP contribution in [-0.4, -0.2) is 9.55 Å². The molecule has 17 heavy (non-hydrogen) atoms. The van der Waals surface area contributed by atoms with Gasteiger partial charge in [-0.25, -0.2) is 4.98 Å². The number of hydrogen-bond acceptors (Lipinski definition) is 2. The predicted molar refractivity (Wildman–Crippen MR) is 73.0 cm³/mol. The van der Waals surface area contributed by atoms with Gasteiger partial charge >= 0.3 is 0 Å². The van der Waals surface area contributed by atoms with Gasteiger partial charge in [0.15, 0.2) is 0 Å². The van der Waals surface area contributed by atoms with Crippen LogP contribution in [0.25, 0.3) is 11.0 Å². The maximum atomic E-state index is 5.96. The fourth-order valence-electron chi connectivity index (χ4n) is 2.35. The third kappa shape index (κ3) is 2.28. The molecule has 1 atom stereocenters. The van der Waals surface area contributed by atoms with Gasteiger partial charge in [-0.15, -0.1) is 0 Å². The molecule has 3 nitrogen and oxygen atoms in total. The van der Waals surface area contributed by atoms with Crippen LogP contribution in [0.15, 0.2) is 24.5 Å². The summed E-state index contributed by atoms with van der Waals surface area (Å²) in [7, 11) is 0. The molecule has 92 valence electrons. The fraction of sp³-hybridized carbons (Fsp3) is 0.500. The number of pyridine rings is 1. The maximum Gasteiger partial charge on any atom is 0.142 e. The normalized spacial score (nSPS) is 13.1. The zero-order valence-corrected chi connectivity index (χ0v) is 10.7. The van der Waals surface area contributed by atoms with Gasteiger partial charge in [-0.05, 0) is 25.0 Å². The minimum Gasteiger partial charge on any atom is -0.398 e. The summed E-state index contributed by atoms with van der Waals surface area (Å²) in [5, 5.41) is 1.07. The van der Waals surface area contributed by atoms with Crippen LogP contribution in [0.5, 0.6) is 0 Å². The first-order valence-corrected chi connectivity index (χ1v) is 6.49. The SMILES string of the molecule is CCCCC(CC)n1ccc2c(N)ccnc21. The highest BCUT2D eigenvalue weighted by atomic mass is 15.1. The van der Waals surface area contributed by atoms with Crippen molar-refractivity contribution in [3.8, 4) is 0 Å². The van der Waals surface area contributed by atoms with Crippen molar-refractivity contribution in [1.29, 1.82) is 0 Å². The molecule has 0 amide bonds. The van der Waals surface area contributed by atoms with Crippen molar-refractivity contribution in [1.82, 2.24) is 9.55 Å². The Morgan fingerprint density at radius 2 is 2.18 bits per heavy atom. The van der Waals surface area contributed by atoms with Gasteiger partial charge < -0.3 is 10.3 Å². The Morgan fingerprint density at radius 3 is 2.88 bits per heavy atom. The molecule has 2 aromatic rings. The molecule has 0 bridgehead atoms. The number of rotatable bonds is 5. The second-order valence-electron chi connectivity index (χ2n) is 4.56. The van der Waals surface area contributed by atoms with E-state index in [1.807, 2.05) is 6.07 Å². The minimum atomic E-state index is 0.543. The quantitative estimate of drug-likeness (QED) is 0.851. The summed E-state index contributed by atoms with van der Waals surface area (Å²) in [4.78, 5) is 4.46. The summed E-state index contributed by atoms with van der Waals surface area (Å²) in [6.07, 6.45) is 8.78. The molecule has 0 fully saturated rings. The first-order valence-electron chi connectivity index (χ1n) is 6.49. The number of hydrogen-bond donors (Lipinski definition) is 1. The van der Waals surface area contributed by atoms with Gasteiger partial charge in [0.1, 0.15) is 5.65 Å². The van der Waals surface area contributed by atoms with Crippen molar-refractivity contribution in [2.45, 2.75) is 45.6 Å². The first-order chi connectivity index (χ1) is 8.27. The van der Waals surface area contributed by atoms with Gasteiger partial charge in [0.2, 0.25) is 0 Å². The zero-order chi connectivity index (χ0) is 12.3. The van der Waals surface area contributed by atoms with Crippen LogP contribution in [0.1, 0.15) is 45.6 Å². The van der Waals surface area contributed by atoms with E-state index in [-0.39, 0.29) is 0 Å². The number of anilines is 1. The average Bonchev–Trinajstić information content (AvgIpc) is 2.76. The van der Waals surface area contributed by atoms with Crippen molar-refractivity contribution >= 4 is 16.7 Å². The molecule has 2 N–H and O–H groups in total. The van der Waals surface area contributed by atoms with Crippen molar-refractivity contribution in [3.05, 3.63) is 24.5 Å². The Bertz CT molecular complexity index is 487. The van der Waals surface area contributed by atoms with Gasteiger partial charge in [0.05, 0.1) is 0 Å². The van der Waals surface area contributed by atoms with Gasteiger partial charge in [-0.3, -0.25) is 0 Å². The highest BCUT2D eigenvalue weighted by Crippen LogP contribution is 2.27. The molecule has 1 unspecified atom stereocenters. The van der Waals surface area contributed by atoms with Crippen LogP contribution < -0.4 is 5.73 Å². The van der Waals surface area contributed by atoms with Crippen molar-refractivity contribution in [3.63, 3.8) is 0 Å². The second-order valence-corrected chi connectivity index (χ2v) is 4.56. The number of nitrogen functional groups attached to an aromatic ring is 1. The van der Waals surface area contributed by atoms with Crippen LogP contribution >= 0.6 is 0 Å². The number of nitrogens with two attached hydrogens (primary N) is 1. The summed E-state index contributed by atoms with van der Waals surface area (Å²) in [5.41, 5.74) is 7.80. The predicted octanol–water partition coefficient (Wildman–Crippen LogP) is 3.76. The molecule has 0 radical (unpaired) electrons. The molecular formula is C14H21N3. The van der Waals surface area contributed by atoms with Crippen LogP contribution in [0.3, 0.4) is 0 Å². The van der Waals surface area contributed by atoms with Crippen LogP contribution in [0.2, 0.25) is 0 Å². The maximum absolute atomic E-state index is 5.96. The Labute approximate surface area is 103 Å². The lowest BCUT2D eigenvalue weighted by molar-refractivity contribution is 0.446. The Kier molecular flexibility index (Phi) is 3.67. The molecule has 0 aliphatic carbocycles. The monoisotopic (exact) mass is 231 g/mol. The molecule has 0 aliphatic heterocycles. The minimum absolute atomic E-state index is 0.543. The van der Waals surface area contributed by atoms with E-state index in [0.717, 1.165) is 23.1 Å². The average molecular weight is 231 g/mol. The summed E-state index contributed by atoms with van der Waals surface area (Å²) < 4.78 is 2.28. The summed E-state index contributed by atoms with van der Waals surface area (Å²) in [6.45, 7) is 4.47. The van der Waals surface area contributed by atoms with Gasteiger partial charge in [-0.2, -0.15) is 0 Å². The second kappa shape index (κ2) is 5.21. The number of aromatic nitrogens is 2. The number of nitrogens with zero attached hydrogens (tertiary/aromatic N) is 2. The number of unbranched alkanes of at least 4 members (excludes halogenated alkanes) is 1. The van der Waals surface area contributed by atoms with Gasteiger partial charge in [0, 0.05) is 29.5 Å². The van der Waals surface area contributed by atoms with E-state index >= 15 is 0 Å². The highest BCUT2D eigenvalue weighted by Gasteiger charge is 2.12. The molecule has 2 rings (SSSR count). The molecule has 0 aromatic carbocycles. The molecule has 2 aromatic heterocycles. The lowest BCUT2D eigenvalue weighted by atomic mass is 10.1. The van der Waals surface area contributed by atoms with E-state index in [4.69, 9.17) is 5.73 Å². The Hall–Kier alpha value is -1.51. The lowest BCUT2D eigenvalue weighted by Crippen LogP contribution is -2.07. The molecular weight excluding hydrogens is 210 g/mol. The van der Waals surface area contributed by atoms with Crippen molar-refractivity contribution in [2.75, 3.05) is 5.73 Å². The van der Waals surface area contributed by atoms with Crippen LogP contribution in [0.4, 0.5) is 5.69 Å². The van der Waals surface area contributed by atoms with E-state index in [1.54, 1.807) is 6.20 Å². The third-order valence-electron chi connectivity index (χ3n) is 3.40. The number of fused-ring (bicyclic) bond motifs is 1. The van der Waals surface area contributed by atoms with E-state index in [2.05, 4.69) is 35.7 Å².